The van der Waals surface area contributed by atoms with Crippen LogP contribution in [0.4, 0.5) is 5.69 Å². The maximum Gasteiger partial charge on any atom is 0.258 e. The first-order valence-corrected chi connectivity index (χ1v) is 9.46. The molecular formula is C20H20Cl2N2O3. The van der Waals surface area contributed by atoms with Gasteiger partial charge in [0.25, 0.3) is 5.91 Å². The number of hydrogen-bond acceptors (Lipinski definition) is 3. The molecule has 7 heteroatoms. The second-order valence-corrected chi connectivity index (χ2v) is 7.35. The van der Waals surface area contributed by atoms with Crippen LogP contribution in [0.3, 0.4) is 0 Å². The van der Waals surface area contributed by atoms with E-state index in [0.29, 0.717) is 15.8 Å². The lowest BCUT2D eigenvalue weighted by molar-refractivity contribution is -0.123. The van der Waals surface area contributed by atoms with Crippen LogP contribution in [0.1, 0.15) is 31.4 Å². The van der Waals surface area contributed by atoms with Gasteiger partial charge >= 0.3 is 0 Å². The maximum atomic E-state index is 12.1. The van der Waals surface area contributed by atoms with Crippen molar-refractivity contribution < 1.29 is 14.3 Å². The van der Waals surface area contributed by atoms with Crippen molar-refractivity contribution in [3.05, 3.63) is 58.1 Å². The quantitative estimate of drug-likeness (QED) is 0.705. The van der Waals surface area contributed by atoms with E-state index in [1.54, 1.807) is 18.2 Å². The van der Waals surface area contributed by atoms with Crippen molar-refractivity contribution in [3.63, 3.8) is 0 Å². The molecule has 2 amide bonds. The largest absolute Gasteiger partial charge is 0.484 e. The Morgan fingerprint density at radius 2 is 1.81 bits per heavy atom. The van der Waals surface area contributed by atoms with Crippen molar-refractivity contribution in [1.29, 1.82) is 0 Å². The van der Waals surface area contributed by atoms with Gasteiger partial charge in [-0.05, 0) is 49.6 Å². The molecule has 1 atom stereocenters. The molecule has 1 unspecified atom stereocenters. The molecule has 3 rings (SSSR count). The minimum atomic E-state index is -0.250. The van der Waals surface area contributed by atoms with Crippen LogP contribution in [-0.2, 0) is 9.59 Å². The van der Waals surface area contributed by atoms with Gasteiger partial charge in [-0.3, -0.25) is 9.59 Å². The average molecular weight is 407 g/mol. The highest BCUT2D eigenvalue weighted by Gasteiger charge is 2.29. The summed E-state index contributed by atoms with van der Waals surface area (Å²) in [4.78, 5) is 23.9. The molecule has 1 aliphatic carbocycles. The number of ether oxygens (including phenoxy) is 1. The third-order valence-corrected chi connectivity index (χ3v) is 5.00. The van der Waals surface area contributed by atoms with Gasteiger partial charge < -0.3 is 15.4 Å². The Bertz CT molecular complexity index is 836. The molecule has 5 nitrogen and oxygen atoms in total. The molecule has 142 valence electrons. The molecule has 2 aromatic rings. The third kappa shape index (κ3) is 5.62. The standard InChI is InChI=1S/C20H20Cl2N2O3/c1-12(13-4-6-15(7-5-13)24-20(26)14-2-3-14)23-19(25)11-27-16-8-9-17(21)18(22)10-16/h4-10,12,14H,2-3,11H2,1H3,(H,23,25)(H,24,26). The van der Waals surface area contributed by atoms with E-state index in [1.165, 1.54) is 0 Å². The summed E-state index contributed by atoms with van der Waals surface area (Å²) in [6, 6.07) is 12.1. The monoisotopic (exact) mass is 406 g/mol. The Balaban J connectivity index is 1.48. The van der Waals surface area contributed by atoms with E-state index in [4.69, 9.17) is 27.9 Å². The molecule has 0 spiro atoms. The first-order valence-electron chi connectivity index (χ1n) is 8.70. The Kier molecular flexibility index (Phi) is 6.24. The first kappa shape index (κ1) is 19.5. The number of amides is 2. The van der Waals surface area contributed by atoms with Gasteiger partial charge in [-0.15, -0.1) is 0 Å². The molecule has 0 heterocycles. The molecule has 2 aromatic carbocycles. The third-order valence-electron chi connectivity index (χ3n) is 4.26. The van der Waals surface area contributed by atoms with E-state index in [-0.39, 0.29) is 30.4 Å². The van der Waals surface area contributed by atoms with Crippen LogP contribution in [0.2, 0.25) is 10.0 Å². The minimum absolute atomic E-state index is 0.0727. The molecule has 1 saturated carbocycles. The summed E-state index contributed by atoms with van der Waals surface area (Å²) in [6.07, 6.45) is 1.94. The van der Waals surface area contributed by atoms with Gasteiger partial charge in [0.2, 0.25) is 5.91 Å². The van der Waals surface area contributed by atoms with Crippen molar-refractivity contribution in [3.8, 4) is 5.75 Å². The molecule has 2 N–H and O–H groups in total. The van der Waals surface area contributed by atoms with Gasteiger partial charge in [0.15, 0.2) is 6.61 Å². The van der Waals surface area contributed by atoms with Crippen LogP contribution in [0, 0.1) is 5.92 Å². The predicted octanol–water partition coefficient (Wildman–Crippen LogP) is 4.60. The normalized spacial score (nSPS) is 14.3. The van der Waals surface area contributed by atoms with Crippen LogP contribution in [0.25, 0.3) is 0 Å². The van der Waals surface area contributed by atoms with Crippen LogP contribution in [0.5, 0.6) is 5.75 Å². The Morgan fingerprint density at radius 1 is 1.11 bits per heavy atom. The highest BCUT2D eigenvalue weighted by molar-refractivity contribution is 6.42. The number of benzene rings is 2. The van der Waals surface area contributed by atoms with E-state index in [1.807, 2.05) is 31.2 Å². The summed E-state index contributed by atoms with van der Waals surface area (Å²) in [5.74, 6) is 0.463. The fourth-order valence-electron chi connectivity index (χ4n) is 2.53. The maximum absolute atomic E-state index is 12.1. The zero-order valence-corrected chi connectivity index (χ0v) is 16.3. The van der Waals surface area contributed by atoms with E-state index < -0.39 is 0 Å². The van der Waals surface area contributed by atoms with E-state index in [9.17, 15) is 9.59 Å². The van der Waals surface area contributed by atoms with Crippen LogP contribution >= 0.6 is 23.2 Å². The summed E-state index contributed by atoms with van der Waals surface area (Å²) in [7, 11) is 0. The number of carbonyl (C=O) groups is 2. The Labute approximate surface area is 168 Å². The fourth-order valence-corrected chi connectivity index (χ4v) is 2.82. The molecule has 0 aromatic heterocycles. The number of hydrogen-bond donors (Lipinski definition) is 2. The van der Waals surface area contributed by atoms with Crippen molar-refractivity contribution in [2.45, 2.75) is 25.8 Å². The molecule has 0 saturated heterocycles. The van der Waals surface area contributed by atoms with Crippen molar-refractivity contribution in [2.24, 2.45) is 5.92 Å². The van der Waals surface area contributed by atoms with E-state index in [2.05, 4.69) is 10.6 Å². The van der Waals surface area contributed by atoms with Crippen LogP contribution < -0.4 is 15.4 Å². The van der Waals surface area contributed by atoms with Gasteiger partial charge in [-0.25, -0.2) is 0 Å². The highest BCUT2D eigenvalue weighted by atomic mass is 35.5. The van der Waals surface area contributed by atoms with Gasteiger partial charge in [-0.2, -0.15) is 0 Å². The molecular weight excluding hydrogens is 387 g/mol. The van der Waals surface area contributed by atoms with Crippen LogP contribution in [0.15, 0.2) is 42.5 Å². The molecule has 27 heavy (non-hydrogen) atoms. The first-order chi connectivity index (χ1) is 12.9. The van der Waals surface area contributed by atoms with Crippen LogP contribution in [-0.4, -0.2) is 18.4 Å². The summed E-state index contributed by atoms with van der Waals surface area (Å²) in [6.45, 7) is 1.76. The van der Waals surface area contributed by atoms with Gasteiger partial charge in [0.05, 0.1) is 16.1 Å². The van der Waals surface area contributed by atoms with Crippen molar-refractivity contribution in [1.82, 2.24) is 5.32 Å². The summed E-state index contributed by atoms with van der Waals surface area (Å²) < 4.78 is 5.43. The van der Waals surface area contributed by atoms with Crippen molar-refractivity contribution in [2.75, 3.05) is 11.9 Å². The number of rotatable bonds is 7. The summed E-state index contributed by atoms with van der Waals surface area (Å²) >= 11 is 11.8. The Morgan fingerprint density at radius 3 is 2.44 bits per heavy atom. The molecule has 0 radical (unpaired) electrons. The molecule has 0 bridgehead atoms. The number of nitrogens with one attached hydrogen (secondary N) is 2. The zero-order valence-electron chi connectivity index (χ0n) is 14.8. The molecule has 1 aliphatic rings. The smallest absolute Gasteiger partial charge is 0.258 e. The summed E-state index contributed by atoms with van der Waals surface area (Å²) in [5, 5.41) is 6.56. The lowest BCUT2D eigenvalue weighted by Gasteiger charge is -2.15. The van der Waals surface area contributed by atoms with Gasteiger partial charge in [-0.1, -0.05) is 35.3 Å². The average Bonchev–Trinajstić information content (AvgIpc) is 3.48. The number of carbonyl (C=O) groups excluding carboxylic acids is 2. The minimum Gasteiger partial charge on any atom is -0.484 e. The lowest BCUT2D eigenvalue weighted by atomic mass is 10.1. The van der Waals surface area contributed by atoms with Crippen molar-refractivity contribution >= 4 is 40.7 Å². The lowest BCUT2D eigenvalue weighted by Crippen LogP contribution is -2.31. The zero-order chi connectivity index (χ0) is 19.4. The van der Waals surface area contributed by atoms with E-state index >= 15 is 0 Å². The van der Waals surface area contributed by atoms with Gasteiger partial charge in [0.1, 0.15) is 5.75 Å². The molecule has 1 fully saturated rings. The predicted molar refractivity (Wildman–Crippen MR) is 106 cm³/mol. The highest BCUT2D eigenvalue weighted by Crippen LogP contribution is 2.30. The SMILES string of the molecule is CC(NC(=O)COc1ccc(Cl)c(Cl)c1)c1ccc(NC(=O)C2CC2)cc1. The number of halogens is 2. The fraction of sp³-hybridized carbons (Fsp3) is 0.300. The Hall–Kier alpha value is -2.24. The van der Waals surface area contributed by atoms with E-state index in [0.717, 1.165) is 24.1 Å². The number of anilines is 1. The molecule has 0 aliphatic heterocycles. The second kappa shape index (κ2) is 8.63. The summed E-state index contributed by atoms with van der Waals surface area (Å²) in [5.41, 5.74) is 1.69. The second-order valence-electron chi connectivity index (χ2n) is 6.54. The topological polar surface area (TPSA) is 67.4 Å². The van der Waals surface area contributed by atoms with Gasteiger partial charge in [0, 0.05) is 17.7 Å².